The Kier molecular flexibility index (Phi) is 8.05. The first-order valence-corrected chi connectivity index (χ1v) is 4.37. The minimum Gasteiger partial charge on any atom is -0.465 e. The molecule has 0 unspecified atom stereocenters. The fraction of sp³-hybridized carbons (Fsp3) is 0.875. The summed E-state index contributed by atoms with van der Waals surface area (Å²) >= 11 is 0. The maximum absolute atomic E-state index is 10.5. The van der Waals surface area contributed by atoms with Crippen molar-refractivity contribution in [3.8, 4) is 0 Å². The van der Waals surface area contributed by atoms with Gasteiger partial charge in [-0.05, 0) is 19.4 Å². The minimum absolute atomic E-state index is 0.0250. The van der Waals surface area contributed by atoms with Crippen LogP contribution >= 0.6 is 0 Å². The number of esters is 1. The molecule has 4 nitrogen and oxygen atoms in total. The fourth-order valence-electron chi connectivity index (χ4n) is 0.845. The summed E-state index contributed by atoms with van der Waals surface area (Å²) < 4.78 is 4.78. The van der Waals surface area contributed by atoms with Gasteiger partial charge in [-0.15, -0.1) is 0 Å². The molecule has 0 saturated heterocycles. The highest BCUT2D eigenvalue weighted by Crippen LogP contribution is 1.98. The van der Waals surface area contributed by atoms with Crippen LogP contribution in [0.3, 0.4) is 0 Å². The van der Waals surface area contributed by atoms with Crippen molar-refractivity contribution in [1.82, 2.24) is 0 Å². The molecule has 0 radical (unpaired) electrons. The number of unbranched alkanes of at least 4 members (excludes halogenated alkanes) is 3. The van der Waals surface area contributed by atoms with E-state index in [1.807, 2.05) is 0 Å². The van der Waals surface area contributed by atoms with E-state index < -0.39 is 0 Å². The molecule has 0 heterocycles. The van der Waals surface area contributed by atoms with Gasteiger partial charge in [0.1, 0.15) is 0 Å². The van der Waals surface area contributed by atoms with Gasteiger partial charge < -0.3 is 16.2 Å². The third kappa shape index (κ3) is 7.50. The molecule has 0 aliphatic carbocycles. The Bertz CT molecular complexity index is 118. The van der Waals surface area contributed by atoms with Gasteiger partial charge in [0.2, 0.25) is 0 Å². The Morgan fingerprint density at radius 1 is 1.08 bits per heavy atom. The molecule has 12 heavy (non-hydrogen) atoms. The summed E-state index contributed by atoms with van der Waals surface area (Å²) in [5.74, 6) is -0.325. The predicted molar refractivity (Wildman–Crippen MR) is 47.5 cm³/mol. The van der Waals surface area contributed by atoms with E-state index in [9.17, 15) is 4.79 Å². The molecule has 0 aromatic heterocycles. The zero-order valence-electron chi connectivity index (χ0n) is 7.42. The first kappa shape index (κ1) is 11.4. The standard InChI is InChI=1S/C8H18N2O2/c9-5-3-1-2-4-6-12-8(11)7-10/h1-7,9-10H2. The summed E-state index contributed by atoms with van der Waals surface area (Å²) in [6.07, 6.45) is 4.13. The van der Waals surface area contributed by atoms with Gasteiger partial charge in [-0.3, -0.25) is 4.79 Å². The Morgan fingerprint density at radius 3 is 2.33 bits per heavy atom. The normalized spacial score (nSPS) is 9.83. The van der Waals surface area contributed by atoms with E-state index in [1.54, 1.807) is 0 Å². The molecule has 0 fully saturated rings. The minimum atomic E-state index is -0.325. The third-order valence-corrected chi connectivity index (χ3v) is 1.53. The second kappa shape index (κ2) is 8.49. The molecule has 72 valence electrons. The van der Waals surface area contributed by atoms with Crippen LogP contribution in [0.15, 0.2) is 0 Å². The third-order valence-electron chi connectivity index (χ3n) is 1.53. The SMILES string of the molecule is NCCCCCCOC(=O)CN. The van der Waals surface area contributed by atoms with Crippen LogP contribution in [0.2, 0.25) is 0 Å². The van der Waals surface area contributed by atoms with Crippen LogP contribution in [0.1, 0.15) is 25.7 Å². The second-order valence-corrected chi connectivity index (χ2v) is 2.63. The molecule has 0 amide bonds. The highest BCUT2D eigenvalue weighted by atomic mass is 16.5. The molecule has 0 spiro atoms. The van der Waals surface area contributed by atoms with E-state index in [4.69, 9.17) is 16.2 Å². The number of carbonyl (C=O) groups excluding carboxylic acids is 1. The van der Waals surface area contributed by atoms with E-state index in [2.05, 4.69) is 0 Å². The summed E-state index contributed by atoms with van der Waals surface area (Å²) in [5.41, 5.74) is 10.4. The lowest BCUT2D eigenvalue weighted by Crippen LogP contribution is -2.17. The number of ether oxygens (including phenoxy) is 1. The Labute approximate surface area is 73.2 Å². The largest absolute Gasteiger partial charge is 0.465 e. The summed E-state index contributed by atoms with van der Waals surface area (Å²) in [4.78, 5) is 10.5. The number of rotatable bonds is 7. The molecule has 0 atom stereocenters. The van der Waals surface area contributed by atoms with Crippen molar-refractivity contribution in [3.63, 3.8) is 0 Å². The van der Waals surface area contributed by atoms with Gasteiger partial charge in [-0.2, -0.15) is 0 Å². The molecule has 0 aromatic carbocycles. The molecule has 0 rings (SSSR count). The average Bonchev–Trinajstić information content (AvgIpc) is 2.10. The number of hydrogen-bond donors (Lipinski definition) is 2. The van der Waals surface area contributed by atoms with Crippen molar-refractivity contribution in [3.05, 3.63) is 0 Å². The maximum Gasteiger partial charge on any atom is 0.319 e. The van der Waals surface area contributed by atoms with Gasteiger partial charge >= 0.3 is 5.97 Å². The molecule has 0 bridgehead atoms. The van der Waals surface area contributed by atoms with E-state index in [0.29, 0.717) is 6.61 Å². The van der Waals surface area contributed by atoms with Crippen LogP contribution < -0.4 is 11.5 Å². The Hall–Kier alpha value is -0.610. The second-order valence-electron chi connectivity index (χ2n) is 2.63. The Balaban J connectivity index is 2.95. The van der Waals surface area contributed by atoms with Gasteiger partial charge in [-0.1, -0.05) is 12.8 Å². The van der Waals surface area contributed by atoms with Crippen molar-refractivity contribution in [2.24, 2.45) is 11.5 Å². The summed E-state index contributed by atoms with van der Waals surface area (Å²) in [6, 6.07) is 0. The maximum atomic E-state index is 10.5. The summed E-state index contributed by atoms with van der Waals surface area (Å²) in [7, 11) is 0. The number of carbonyl (C=O) groups is 1. The van der Waals surface area contributed by atoms with Crippen molar-refractivity contribution < 1.29 is 9.53 Å². The van der Waals surface area contributed by atoms with Gasteiger partial charge in [0, 0.05) is 0 Å². The van der Waals surface area contributed by atoms with Gasteiger partial charge in [-0.25, -0.2) is 0 Å². The number of hydrogen-bond acceptors (Lipinski definition) is 4. The lowest BCUT2D eigenvalue weighted by molar-refractivity contribution is -0.142. The monoisotopic (exact) mass is 174 g/mol. The van der Waals surface area contributed by atoms with Crippen LogP contribution in [0, 0.1) is 0 Å². The van der Waals surface area contributed by atoms with E-state index in [0.717, 1.165) is 32.2 Å². The fourth-order valence-corrected chi connectivity index (χ4v) is 0.845. The van der Waals surface area contributed by atoms with Crippen molar-refractivity contribution in [2.45, 2.75) is 25.7 Å². The van der Waals surface area contributed by atoms with Gasteiger partial charge in [0.15, 0.2) is 0 Å². The molecular formula is C8H18N2O2. The molecule has 0 aromatic rings. The molecule has 0 aliphatic rings. The summed E-state index contributed by atoms with van der Waals surface area (Å²) in [5, 5.41) is 0. The highest BCUT2D eigenvalue weighted by Gasteiger charge is 1.96. The van der Waals surface area contributed by atoms with Crippen LogP contribution in [-0.2, 0) is 9.53 Å². The van der Waals surface area contributed by atoms with Crippen molar-refractivity contribution >= 4 is 5.97 Å². The van der Waals surface area contributed by atoms with Crippen LogP contribution in [-0.4, -0.2) is 25.7 Å². The van der Waals surface area contributed by atoms with Crippen molar-refractivity contribution in [1.29, 1.82) is 0 Å². The first-order chi connectivity index (χ1) is 5.81. The lowest BCUT2D eigenvalue weighted by atomic mass is 10.2. The van der Waals surface area contributed by atoms with E-state index in [-0.39, 0.29) is 12.5 Å². The zero-order valence-corrected chi connectivity index (χ0v) is 7.42. The molecular weight excluding hydrogens is 156 g/mol. The van der Waals surface area contributed by atoms with Crippen LogP contribution in [0.25, 0.3) is 0 Å². The average molecular weight is 174 g/mol. The summed E-state index contributed by atoms with van der Waals surface area (Å²) in [6.45, 7) is 1.20. The quantitative estimate of drug-likeness (QED) is 0.421. The van der Waals surface area contributed by atoms with Gasteiger partial charge in [0.25, 0.3) is 0 Å². The molecule has 0 saturated carbocycles. The van der Waals surface area contributed by atoms with Crippen LogP contribution in [0.4, 0.5) is 0 Å². The molecule has 4 N–H and O–H groups in total. The number of nitrogens with two attached hydrogens (primary N) is 2. The van der Waals surface area contributed by atoms with Crippen LogP contribution in [0.5, 0.6) is 0 Å². The first-order valence-electron chi connectivity index (χ1n) is 4.37. The van der Waals surface area contributed by atoms with E-state index >= 15 is 0 Å². The van der Waals surface area contributed by atoms with Crippen molar-refractivity contribution in [2.75, 3.05) is 19.7 Å². The van der Waals surface area contributed by atoms with Gasteiger partial charge in [0.05, 0.1) is 13.2 Å². The molecule has 0 aliphatic heterocycles. The Morgan fingerprint density at radius 2 is 1.75 bits per heavy atom. The highest BCUT2D eigenvalue weighted by molar-refractivity contribution is 5.71. The topological polar surface area (TPSA) is 78.3 Å². The van der Waals surface area contributed by atoms with E-state index in [1.165, 1.54) is 0 Å². The lowest BCUT2D eigenvalue weighted by Gasteiger charge is -2.02. The smallest absolute Gasteiger partial charge is 0.319 e. The zero-order chi connectivity index (χ0) is 9.23. The predicted octanol–water partition coefficient (Wildman–Crippen LogP) is 0.00740. The molecule has 4 heteroatoms.